The second-order valence-corrected chi connectivity index (χ2v) is 1.55. The van der Waals surface area contributed by atoms with Gasteiger partial charge in [-0.2, -0.15) is 0 Å². The van der Waals surface area contributed by atoms with Crippen LogP contribution in [0.1, 0.15) is 0 Å². The number of carboxylic acids is 2. The zero-order valence-corrected chi connectivity index (χ0v) is 8.72. The molecule has 0 amide bonds. The number of aliphatic hydroxyl groups excluding tert-OH is 2. The minimum Gasteiger partial charge on any atom is -0.547 e. The number of carbonyl (C=O) groups excluding carboxylic acids is 1. The molecule has 0 aliphatic rings. The fourth-order valence-corrected chi connectivity index (χ4v) is 0.264. The van der Waals surface area contributed by atoms with Gasteiger partial charge < -0.3 is 31.4 Å². The van der Waals surface area contributed by atoms with Crippen molar-refractivity contribution in [1.29, 1.82) is 0 Å². The Hall–Kier alpha value is -0.180. The van der Waals surface area contributed by atoms with E-state index in [9.17, 15) is 14.7 Å². The van der Waals surface area contributed by atoms with Gasteiger partial charge in [-0.3, -0.25) is 0 Å². The fourth-order valence-electron chi connectivity index (χ4n) is 0.264. The van der Waals surface area contributed by atoms with Crippen molar-refractivity contribution in [2.24, 2.45) is 0 Å². The van der Waals surface area contributed by atoms with Crippen molar-refractivity contribution in [3.05, 3.63) is 0 Å². The molecule has 0 fully saturated rings. The van der Waals surface area contributed by atoms with Crippen LogP contribution in [-0.4, -0.2) is 39.5 Å². The van der Waals surface area contributed by atoms with Gasteiger partial charge >= 0.3 is 35.5 Å². The van der Waals surface area contributed by atoms with Crippen molar-refractivity contribution in [3.63, 3.8) is 0 Å². The van der Waals surface area contributed by atoms with Gasteiger partial charge in [-0.15, -0.1) is 0 Å². The van der Waals surface area contributed by atoms with Gasteiger partial charge in [-0.25, -0.2) is 4.79 Å². The molecule has 0 aromatic carbocycles. The first-order chi connectivity index (χ1) is 4.46. The first-order valence-electron chi connectivity index (χ1n) is 2.26. The summed E-state index contributed by atoms with van der Waals surface area (Å²) in [6.45, 7) is 0. The standard InChI is InChI=1S/C4H6O6.H3N.Na/c5-1(3(7)8)2(6)4(9)10;;/h1-2,5-6H,(H,7,8)(H,9,10);1H3;/q;;+1/t1-,2-;;/m1../s1. The van der Waals surface area contributed by atoms with E-state index in [4.69, 9.17) is 15.3 Å². The normalized spacial score (nSPS) is 13.2. The Morgan fingerprint density at radius 2 is 1.50 bits per heavy atom. The second kappa shape index (κ2) is 7.47. The van der Waals surface area contributed by atoms with Crippen LogP contribution in [0.2, 0.25) is 0 Å². The predicted octanol–water partition coefficient (Wildman–Crippen LogP) is -6.08. The first kappa shape index (κ1) is 17.8. The molecule has 0 aromatic heterocycles. The Morgan fingerprint density at radius 1 is 1.17 bits per heavy atom. The molecule has 0 bridgehead atoms. The Morgan fingerprint density at radius 3 is 1.58 bits per heavy atom. The summed E-state index contributed by atoms with van der Waals surface area (Å²) < 4.78 is 0. The zero-order valence-electron chi connectivity index (χ0n) is 6.72. The largest absolute Gasteiger partial charge is 1.00 e. The fraction of sp³-hybridized carbons (Fsp3) is 0.500. The molecule has 0 rings (SSSR count). The molecule has 12 heavy (non-hydrogen) atoms. The maximum absolute atomic E-state index is 9.74. The average molecular weight is 190 g/mol. The van der Waals surface area contributed by atoms with Crippen LogP contribution in [0.5, 0.6) is 0 Å². The Balaban J connectivity index is -0.000000405. The molecule has 7 N–H and O–H groups in total. The quantitative estimate of drug-likeness (QED) is 0.324. The third-order valence-electron chi connectivity index (χ3n) is 0.794. The maximum Gasteiger partial charge on any atom is 1.00 e. The number of aliphatic hydroxyl groups is 2. The molecule has 8 heteroatoms. The number of hydrogen-bond acceptors (Lipinski definition) is 5. The third-order valence-corrected chi connectivity index (χ3v) is 0.794. The Kier molecular flexibility index (Phi) is 11.1. The molecular weight excluding hydrogens is 181 g/mol. The smallest absolute Gasteiger partial charge is 0.547 e. The molecule has 0 aromatic rings. The van der Waals surface area contributed by atoms with Gasteiger partial charge in [0.2, 0.25) is 0 Å². The minimum absolute atomic E-state index is 0. The molecule has 7 nitrogen and oxygen atoms in total. The monoisotopic (exact) mass is 190 g/mol. The summed E-state index contributed by atoms with van der Waals surface area (Å²) in [7, 11) is 0. The molecule has 0 aliphatic heterocycles. The van der Waals surface area contributed by atoms with Gasteiger partial charge in [-0.05, 0) is 0 Å². The van der Waals surface area contributed by atoms with Crippen LogP contribution < -0.4 is 40.8 Å². The van der Waals surface area contributed by atoms with Crippen LogP contribution in [0.25, 0.3) is 0 Å². The number of carbonyl (C=O) groups is 2. The van der Waals surface area contributed by atoms with Gasteiger partial charge in [0, 0.05) is 0 Å². The topological polar surface area (TPSA) is 154 Å². The van der Waals surface area contributed by atoms with Crippen molar-refractivity contribution in [3.8, 4) is 0 Å². The number of aliphatic carboxylic acids is 2. The maximum atomic E-state index is 9.74. The zero-order chi connectivity index (χ0) is 8.31. The first-order valence-corrected chi connectivity index (χ1v) is 2.26. The van der Waals surface area contributed by atoms with Crippen LogP contribution in [0, 0.1) is 0 Å². The molecule has 0 unspecified atom stereocenters. The molecule has 0 spiro atoms. The van der Waals surface area contributed by atoms with E-state index in [-0.39, 0.29) is 35.7 Å². The van der Waals surface area contributed by atoms with Crippen LogP contribution in [-0.2, 0) is 9.59 Å². The van der Waals surface area contributed by atoms with Crippen LogP contribution in [0.3, 0.4) is 0 Å². The summed E-state index contributed by atoms with van der Waals surface area (Å²) in [5.74, 6) is -3.83. The van der Waals surface area contributed by atoms with E-state index in [1.165, 1.54) is 0 Å². The molecule has 2 atom stereocenters. The summed E-state index contributed by atoms with van der Waals surface area (Å²) in [4.78, 5) is 19.4. The summed E-state index contributed by atoms with van der Waals surface area (Å²) in [6, 6.07) is 0. The van der Waals surface area contributed by atoms with Crippen molar-refractivity contribution in [1.82, 2.24) is 6.15 Å². The van der Waals surface area contributed by atoms with Crippen molar-refractivity contribution < 1.29 is 59.6 Å². The van der Waals surface area contributed by atoms with Crippen molar-refractivity contribution in [2.75, 3.05) is 0 Å². The summed E-state index contributed by atoms with van der Waals surface area (Å²) in [6.07, 6.45) is -4.71. The van der Waals surface area contributed by atoms with Crippen molar-refractivity contribution in [2.45, 2.75) is 12.2 Å². The molecule has 0 aliphatic carbocycles. The van der Waals surface area contributed by atoms with Gasteiger partial charge in [0.05, 0.1) is 5.97 Å². The van der Waals surface area contributed by atoms with Crippen molar-refractivity contribution >= 4 is 11.9 Å². The number of rotatable bonds is 3. The summed E-state index contributed by atoms with van der Waals surface area (Å²) in [5.41, 5.74) is 0. The third kappa shape index (κ3) is 5.47. The number of hydrogen-bond donors (Lipinski definition) is 4. The molecule has 0 heterocycles. The van der Waals surface area contributed by atoms with Gasteiger partial charge in [0.25, 0.3) is 0 Å². The van der Waals surface area contributed by atoms with E-state index >= 15 is 0 Å². The predicted molar refractivity (Wildman–Crippen MR) is 30.6 cm³/mol. The van der Waals surface area contributed by atoms with E-state index < -0.39 is 24.1 Å². The second-order valence-electron chi connectivity index (χ2n) is 1.55. The van der Waals surface area contributed by atoms with E-state index in [0.29, 0.717) is 0 Å². The molecule has 0 radical (unpaired) electrons. The van der Waals surface area contributed by atoms with Gasteiger partial charge in [0.15, 0.2) is 6.10 Å². The molecule has 0 saturated heterocycles. The van der Waals surface area contributed by atoms with Gasteiger partial charge in [-0.1, -0.05) is 0 Å². The number of quaternary nitrogens is 1. The molecular formula is C4H9NNaO6+. The molecule has 66 valence electrons. The van der Waals surface area contributed by atoms with Gasteiger partial charge in [0.1, 0.15) is 6.10 Å². The minimum atomic E-state index is -2.38. The van der Waals surface area contributed by atoms with E-state index in [2.05, 4.69) is 0 Å². The summed E-state index contributed by atoms with van der Waals surface area (Å²) >= 11 is 0. The molecule has 0 saturated carbocycles. The number of carboxylic acid groups (broad SMARTS) is 2. The van der Waals surface area contributed by atoms with E-state index in [1.54, 1.807) is 0 Å². The summed E-state index contributed by atoms with van der Waals surface area (Å²) in [5, 5.41) is 34.1. The Bertz CT molecular complexity index is 144. The Labute approximate surface area is 89.9 Å². The van der Waals surface area contributed by atoms with Crippen LogP contribution in [0.15, 0.2) is 0 Å². The average Bonchev–Trinajstić information content (AvgIpc) is 1.84. The van der Waals surface area contributed by atoms with E-state index in [1.807, 2.05) is 0 Å². The SMILES string of the molecule is O=C([O-])[C@H](O)[C@@H](O)C(=O)O.[NH4+].[Na+]. The van der Waals surface area contributed by atoms with E-state index in [0.717, 1.165) is 0 Å². The van der Waals surface area contributed by atoms with Crippen LogP contribution in [0.4, 0.5) is 0 Å². The van der Waals surface area contributed by atoms with Crippen LogP contribution >= 0.6 is 0 Å².